The van der Waals surface area contributed by atoms with Crippen LogP contribution in [0.1, 0.15) is 6.92 Å². The smallest absolute Gasteiger partial charge is 0.243 e. The third-order valence-electron chi connectivity index (χ3n) is 4.54. The first-order valence-electron chi connectivity index (χ1n) is 9.86. The lowest BCUT2D eigenvalue weighted by Gasteiger charge is -2.26. The van der Waals surface area contributed by atoms with Crippen LogP contribution in [0.15, 0.2) is 58.3 Å². The number of rotatable bonds is 10. The van der Waals surface area contributed by atoms with Crippen molar-refractivity contribution in [3.63, 3.8) is 0 Å². The average Bonchev–Trinajstić information content (AvgIpc) is 2.78. The molecule has 0 aliphatic carbocycles. The van der Waals surface area contributed by atoms with Gasteiger partial charge in [0.25, 0.3) is 0 Å². The molecule has 0 spiro atoms. The Hall–Kier alpha value is -2.18. The predicted octanol–water partition coefficient (Wildman–Crippen LogP) is 1.46. The summed E-state index contributed by atoms with van der Waals surface area (Å²) in [6.45, 7) is 3.92. The number of morpholine rings is 1. The number of hydrogen-bond donors (Lipinski definition) is 1. The van der Waals surface area contributed by atoms with Crippen molar-refractivity contribution in [2.24, 2.45) is 0 Å². The molecule has 31 heavy (non-hydrogen) atoms. The van der Waals surface area contributed by atoms with Crippen molar-refractivity contribution in [2.75, 3.05) is 46.1 Å². The first-order valence-corrected chi connectivity index (χ1v) is 12.8. The van der Waals surface area contributed by atoms with Crippen molar-refractivity contribution < 1.29 is 31.0 Å². The van der Waals surface area contributed by atoms with Crippen LogP contribution in [0, 0.1) is 0 Å². The van der Waals surface area contributed by atoms with Crippen LogP contribution in [0.3, 0.4) is 0 Å². The van der Waals surface area contributed by atoms with Gasteiger partial charge in [-0.05, 0) is 55.5 Å². The second-order valence-corrected chi connectivity index (χ2v) is 10.3. The Labute approximate surface area is 183 Å². The second kappa shape index (κ2) is 10.4. The van der Waals surface area contributed by atoms with E-state index >= 15 is 0 Å². The molecular weight excluding hydrogens is 444 g/mol. The maximum atomic E-state index is 12.6. The van der Waals surface area contributed by atoms with Crippen LogP contribution in [0.2, 0.25) is 0 Å². The summed E-state index contributed by atoms with van der Waals surface area (Å²) in [5.41, 5.74) is 0. The molecule has 0 unspecified atom stereocenters. The monoisotopic (exact) mass is 470 g/mol. The molecule has 11 heteroatoms. The van der Waals surface area contributed by atoms with Gasteiger partial charge in [-0.3, -0.25) is 0 Å². The highest BCUT2D eigenvalue weighted by molar-refractivity contribution is 7.89. The van der Waals surface area contributed by atoms with Gasteiger partial charge in [-0.15, -0.1) is 0 Å². The van der Waals surface area contributed by atoms with Crippen LogP contribution in [0.25, 0.3) is 0 Å². The molecule has 0 radical (unpaired) electrons. The molecule has 1 aliphatic heterocycles. The lowest BCUT2D eigenvalue weighted by Crippen LogP contribution is -2.40. The number of nitrogens with zero attached hydrogens (tertiary/aromatic N) is 1. The van der Waals surface area contributed by atoms with Crippen LogP contribution in [-0.4, -0.2) is 67.2 Å². The normalized spacial score (nSPS) is 15.5. The SMILES string of the molecule is CCOc1ccc(S(=O)(=O)NCCOc2ccc(S(=O)(=O)N3CCOCC3)cc2)cc1. The minimum atomic E-state index is -3.67. The van der Waals surface area contributed by atoms with Gasteiger partial charge >= 0.3 is 0 Å². The number of ether oxygens (including phenoxy) is 3. The Bertz CT molecular complexity index is 1050. The minimum absolute atomic E-state index is 0.0589. The van der Waals surface area contributed by atoms with E-state index in [1.165, 1.54) is 28.6 Å². The lowest BCUT2D eigenvalue weighted by molar-refractivity contribution is 0.0730. The van der Waals surface area contributed by atoms with Gasteiger partial charge in [-0.1, -0.05) is 0 Å². The first kappa shape index (κ1) is 23.5. The Balaban J connectivity index is 1.50. The van der Waals surface area contributed by atoms with Crippen molar-refractivity contribution >= 4 is 20.0 Å². The van der Waals surface area contributed by atoms with Crippen LogP contribution < -0.4 is 14.2 Å². The Kier molecular flexibility index (Phi) is 7.89. The van der Waals surface area contributed by atoms with E-state index in [0.717, 1.165) is 0 Å². The summed E-state index contributed by atoms with van der Waals surface area (Å²) >= 11 is 0. The zero-order chi connectivity index (χ0) is 22.3. The summed E-state index contributed by atoms with van der Waals surface area (Å²) in [6, 6.07) is 12.2. The van der Waals surface area contributed by atoms with E-state index in [9.17, 15) is 16.8 Å². The second-order valence-electron chi connectivity index (χ2n) is 6.64. The standard InChI is InChI=1S/C20H26N2O7S2/c1-2-28-17-3-7-19(8-4-17)30(23,24)21-11-14-29-18-5-9-20(10-6-18)31(25,26)22-12-15-27-16-13-22/h3-10,21H,2,11-16H2,1H3. The zero-order valence-corrected chi connectivity index (χ0v) is 18.8. The van der Waals surface area contributed by atoms with Gasteiger partial charge in [-0.25, -0.2) is 21.6 Å². The summed E-state index contributed by atoms with van der Waals surface area (Å²) < 4.78 is 69.8. The summed E-state index contributed by atoms with van der Waals surface area (Å²) in [6.07, 6.45) is 0. The first-order chi connectivity index (χ1) is 14.8. The molecular formula is C20H26N2O7S2. The van der Waals surface area contributed by atoms with Gasteiger partial charge in [0.1, 0.15) is 18.1 Å². The molecule has 2 aromatic rings. The maximum Gasteiger partial charge on any atom is 0.243 e. The molecule has 1 N–H and O–H groups in total. The molecule has 3 rings (SSSR count). The van der Waals surface area contributed by atoms with E-state index in [-0.39, 0.29) is 22.9 Å². The summed E-state index contributed by atoms with van der Waals surface area (Å²) in [5, 5.41) is 0. The fourth-order valence-corrected chi connectivity index (χ4v) is 5.37. The van der Waals surface area contributed by atoms with Crippen molar-refractivity contribution in [3.8, 4) is 11.5 Å². The highest BCUT2D eigenvalue weighted by Gasteiger charge is 2.26. The molecule has 2 aromatic carbocycles. The van der Waals surface area contributed by atoms with Crippen molar-refractivity contribution in [1.82, 2.24) is 9.03 Å². The van der Waals surface area contributed by atoms with Gasteiger partial charge in [0.05, 0.1) is 29.6 Å². The quantitative estimate of drug-likeness (QED) is 0.523. The van der Waals surface area contributed by atoms with Gasteiger partial charge in [0, 0.05) is 19.6 Å². The molecule has 0 bridgehead atoms. The fourth-order valence-electron chi connectivity index (χ4n) is 2.95. The molecule has 0 saturated carbocycles. The molecule has 1 fully saturated rings. The Morgan fingerprint density at radius 1 is 0.871 bits per heavy atom. The number of benzene rings is 2. The molecule has 0 atom stereocenters. The predicted molar refractivity (Wildman–Crippen MR) is 114 cm³/mol. The molecule has 1 heterocycles. The number of sulfonamides is 2. The zero-order valence-electron chi connectivity index (χ0n) is 17.2. The third kappa shape index (κ3) is 6.17. The van der Waals surface area contributed by atoms with E-state index in [1.807, 2.05) is 6.92 Å². The average molecular weight is 471 g/mol. The van der Waals surface area contributed by atoms with Crippen molar-refractivity contribution in [3.05, 3.63) is 48.5 Å². The van der Waals surface area contributed by atoms with Gasteiger partial charge in [-0.2, -0.15) is 4.31 Å². The van der Waals surface area contributed by atoms with Crippen LogP contribution in [0.4, 0.5) is 0 Å². The Morgan fingerprint density at radius 2 is 1.42 bits per heavy atom. The molecule has 1 saturated heterocycles. The molecule has 0 amide bonds. The third-order valence-corrected chi connectivity index (χ3v) is 7.93. The molecule has 1 aliphatic rings. The summed E-state index contributed by atoms with van der Waals surface area (Å²) in [5.74, 6) is 1.05. The molecule has 170 valence electrons. The minimum Gasteiger partial charge on any atom is -0.494 e. The van der Waals surface area contributed by atoms with E-state index in [2.05, 4.69) is 4.72 Å². The topological polar surface area (TPSA) is 111 Å². The fraction of sp³-hybridized carbons (Fsp3) is 0.400. The van der Waals surface area contributed by atoms with Crippen LogP contribution in [0.5, 0.6) is 11.5 Å². The van der Waals surface area contributed by atoms with E-state index in [1.54, 1.807) is 24.3 Å². The lowest BCUT2D eigenvalue weighted by atomic mass is 10.3. The summed E-state index contributed by atoms with van der Waals surface area (Å²) in [4.78, 5) is 0.312. The maximum absolute atomic E-state index is 12.6. The van der Waals surface area contributed by atoms with Crippen LogP contribution >= 0.6 is 0 Å². The highest BCUT2D eigenvalue weighted by Crippen LogP contribution is 2.20. The number of nitrogens with one attached hydrogen (secondary N) is 1. The highest BCUT2D eigenvalue weighted by atomic mass is 32.2. The molecule has 9 nitrogen and oxygen atoms in total. The van der Waals surface area contributed by atoms with Crippen LogP contribution in [-0.2, 0) is 24.8 Å². The van der Waals surface area contributed by atoms with Gasteiger partial charge < -0.3 is 14.2 Å². The largest absolute Gasteiger partial charge is 0.494 e. The van der Waals surface area contributed by atoms with Crippen molar-refractivity contribution in [1.29, 1.82) is 0 Å². The van der Waals surface area contributed by atoms with E-state index in [4.69, 9.17) is 14.2 Å². The van der Waals surface area contributed by atoms with Crippen molar-refractivity contribution in [2.45, 2.75) is 16.7 Å². The van der Waals surface area contributed by atoms with E-state index in [0.29, 0.717) is 44.4 Å². The molecule has 0 aromatic heterocycles. The summed E-state index contributed by atoms with van der Waals surface area (Å²) in [7, 11) is -7.23. The van der Waals surface area contributed by atoms with Gasteiger partial charge in [0.15, 0.2) is 0 Å². The Morgan fingerprint density at radius 3 is 2.00 bits per heavy atom. The number of hydrogen-bond acceptors (Lipinski definition) is 7. The van der Waals surface area contributed by atoms with E-state index < -0.39 is 20.0 Å². The van der Waals surface area contributed by atoms with Gasteiger partial charge in [0.2, 0.25) is 20.0 Å².